The maximum atomic E-state index is 12.2. The van der Waals surface area contributed by atoms with Gasteiger partial charge in [-0.1, -0.05) is 19.1 Å². The van der Waals surface area contributed by atoms with Crippen LogP contribution in [0.3, 0.4) is 0 Å². The molecule has 2 aromatic rings. The van der Waals surface area contributed by atoms with Crippen LogP contribution in [0.15, 0.2) is 24.3 Å². The number of aromatic nitrogens is 2. The summed E-state index contributed by atoms with van der Waals surface area (Å²) in [5.74, 6) is 0.409. The van der Waals surface area contributed by atoms with E-state index < -0.39 is 6.04 Å². The largest absolute Gasteiger partial charge is 0.354 e. The number of aryl methyl sites for hydroxylation is 1. The summed E-state index contributed by atoms with van der Waals surface area (Å²) in [6, 6.07) is 7.13. The van der Waals surface area contributed by atoms with Gasteiger partial charge in [-0.3, -0.25) is 9.59 Å². The van der Waals surface area contributed by atoms with E-state index in [-0.39, 0.29) is 18.4 Å². The molecular formula is C16H22N4O2. The second kappa shape index (κ2) is 7.06. The average Bonchev–Trinajstić information content (AvgIpc) is 2.80. The minimum Gasteiger partial charge on any atom is -0.354 e. The maximum Gasteiger partial charge on any atom is 0.242 e. The zero-order valence-corrected chi connectivity index (χ0v) is 13.2. The molecular weight excluding hydrogens is 280 g/mol. The van der Waals surface area contributed by atoms with Gasteiger partial charge in [0.15, 0.2) is 0 Å². The Morgan fingerprint density at radius 2 is 2.05 bits per heavy atom. The summed E-state index contributed by atoms with van der Waals surface area (Å²) in [7, 11) is 0. The van der Waals surface area contributed by atoms with Gasteiger partial charge >= 0.3 is 0 Å². The molecule has 2 N–H and O–H groups in total. The summed E-state index contributed by atoms with van der Waals surface area (Å²) in [4.78, 5) is 28.4. The summed E-state index contributed by atoms with van der Waals surface area (Å²) in [6.07, 6.45) is 0.868. The average molecular weight is 302 g/mol. The lowest BCUT2D eigenvalue weighted by Gasteiger charge is -2.14. The van der Waals surface area contributed by atoms with Crippen molar-refractivity contribution in [3.63, 3.8) is 0 Å². The minimum atomic E-state index is -0.547. The third kappa shape index (κ3) is 3.63. The van der Waals surface area contributed by atoms with Crippen molar-refractivity contribution in [2.24, 2.45) is 0 Å². The Kier molecular flexibility index (Phi) is 5.14. The van der Waals surface area contributed by atoms with Crippen molar-refractivity contribution in [2.75, 3.05) is 6.54 Å². The van der Waals surface area contributed by atoms with E-state index in [1.54, 1.807) is 6.92 Å². The third-order valence-corrected chi connectivity index (χ3v) is 3.47. The van der Waals surface area contributed by atoms with Crippen LogP contribution in [0.2, 0.25) is 0 Å². The number of hydrogen-bond acceptors (Lipinski definition) is 3. The Balaban J connectivity index is 2.02. The van der Waals surface area contributed by atoms with Crippen molar-refractivity contribution in [1.29, 1.82) is 0 Å². The molecule has 118 valence electrons. The van der Waals surface area contributed by atoms with Crippen LogP contribution in [0.5, 0.6) is 0 Å². The molecule has 1 heterocycles. The molecule has 0 saturated heterocycles. The number of nitrogens with one attached hydrogen (secondary N) is 2. The van der Waals surface area contributed by atoms with Gasteiger partial charge in [-0.25, -0.2) is 4.98 Å². The standard InChI is InChI=1S/C16H22N4O2/c1-4-9-17-16(22)11(2)18-15(21)10-20-12(3)19-13-7-5-6-8-14(13)20/h5-8,11H,4,9-10H2,1-3H3,(H,17,22)(H,18,21)/t11-/m1/s1. The number of benzene rings is 1. The molecule has 0 saturated carbocycles. The van der Waals surface area contributed by atoms with Crippen LogP contribution >= 0.6 is 0 Å². The van der Waals surface area contributed by atoms with Crippen molar-refractivity contribution >= 4 is 22.8 Å². The number of fused-ring (bicyclic) bond motifs is 1. The molecule has 0 unspecified atom stereocenters. The van der Waals surface area contributed by atoms with Crippen molar-refractivity contribution in [3.8, 4) is 0 Å². The van der Waals surface area contributed by atoms with Gasteiger partial charge < -0.3 is 15.2 Å². The monoisotopic (exact) mass is 302 g/mol. The lowest BCUT2D eigenvalue weighted by Crippen LogP contribution is -2.46. The number of nitrogens with zero attached hydrogens (tertiary/aromatic N) is 2. The van der Waals surface area contributed by atoms with Crippen LogP contribution in [0.4, 0.5) is 0 Å². The molecule has 2 amide bonds. The van der Waals surface area contributed by atoms with Crippen molar-refractivity contribution < 1.29 is 9.59 Å². The van der Waals surface area contributed by atoms with Gasteiger partial charge in [0.25, 0.3) is 0 Å². The van der Waals surface area contributed by atoms with E-state index in [9.17, 15) is 9.59 Å². The summed E-state index contributed by atoms with van der Waals surface area (Å²) >= 11 is 0. The first kappa shape index (κ1) is 16.0. The molecule has 0 radical (unpaired) electrons. The summed E-state index contributed by atoms with van der Waals surface area (Å²) < 4.78 is 1.85. The van der Waals surface area contributed by atoms with Gasteiger partial charge in [0.05, 0.1) is 11.0 Å². The molecule has 0 bridgehead atoms. The number of carbonyl (C=O) groups excluding carboxylic acids is 2. The zero-order valence-electron chi connectivity index (χ0n) is 13.2. The van der Waals surface area contributed by atoms with E-state index in [1.165, 1.54) is 0 Å². The van der Waals surface area contributed by atoms with Crippen LogP contribution in [-0.4, -0.2) is 34.0 Å². The Morgan fingerprint density at radius 3 is 2.77 bits per heavy atom. The first-order valence-corrected chi connectivity index (χ1v) is 7.52. The van der Waals surface area contributed by atoms with Crippen molar-refractivity contribution in [3.05, 3.63) is 30.1 Å². The number of amides is 2. The summed E-state index contributed by atoms with van der Waals surface area (Å²) in [5, 5.41) is 5.48. The molecule has 0 aliphatic heterocycles. The predicted molar refractivity (Wildman–Crippen MR) is 85.4 cm³/mol. The molecule has 2 rings (SSSR count). The molecule has 1 aromatic carbocycles. The second-order valence-electron chi connectivity index (χ2n) is 5.31. The number of rotatable bonds is 6. The quantitative estimate of drug-likeness (QED) is 0.846. The lowest BCUT2D eigenvalue weighted by atomic mass is 10.3. The zero-order chi connectivity index (χ0) is 16.1. The van der Waals surface area contributed by atoms with Crippen molar-refractivity contribution in [2.45, 2.75) is 39.8 Å². The molecule has 0 aliphatic rings. The Hall–Kier alpha value is -2.37. The van der Waals surface area contributed by atoms with Gasteiger partial charge in [0, 0.05) is 6.54 Å². The number of carbonyl (C=O) groups is 2. The Labute approximate surface area is 129 Å². The van der Waals surface area contributed by atoms with Gasteiger partial charge in [-0.15, -0.1) is 0 Å². The normalized spacial score (nSPS) is 12.1. The molecule has 6 nitrogen and oxygen atoms in total. The van der Waals surface area contributed by atoms with E-state index in [0.29, 0.717) is 6.54 Å². The number of para-hydroxylation sites is 2. The molecule has 1 atom stereocenters. The van der Waals surface area contributed by atoms with Crippen molar-refractivity contribution in [1.82, 2.24) is 20.2 Å². The fourth-order valence-corrected chi connectivity index (χ4v) is 2.29. The Morgan fingerprint density at radius 1 is 1.32 bits per heavy atom. The van der Waals surface area contributed by atoms with Crippen LogP contribution < -0.4 is 10.6 Å². The molecule has 0 spiro atoms. The van der Waals surface area contributed by atoms with Gasteiger partial charge in [-0.05, 0) is 32.4 Å². The fraction of sp³-hybridized carbons (Fsp3) is 0.438. The lowest BCUT2D eigenvalue weighted by molar-refractivity contribution is -0.128. The van der Waals surface area contributed by atoms with Gasteiger partial charge in [0.1, 0.15) is 18.4 Å². The minimum absolute atomic E-state index is 0.151. The smallest absolute Gasteiger partial charge is 0.242 e. The third-order valence-electron chi connectivity index (χ3n) is 3.47. The molecule has 1 aromatic heterocycles. The predicted octanol–water partition coefficient (Wildman–Crippen LogP) is 1.38. The van der Waals surface area contributed by atoms with Crippen LogP contribution in [0.25, 0.3) is 11.0 Å². The first-order chi connectivity index (χ1) is 10.5. The topological polar surface area (TPSA) is 76.0 Å². The van der Waals surface area contributed by atoms with E-state index in [2.05, 4.69) is 15.6 Å². The molecule has 6 heteroatoms. The maximum absolute atomic E-state index is 12.2. The van der Waals surface area contributed by atoms with Crippen LogP contribution in [0.1, 0.15) is 26.1 Å². The highest BCUT2D eigenvalue weighted by atomic mass is 16.2. The summed E-state index contributed by atoms with van der Waals surface area (Å²) in [5.41, 5.74) is 1.78. The van der Waals surface area contributed by atoms with E-state index in [0.717, 1.165) is 23.3 Å². The molecule has 0 aliphatic carbocycles. The van der Waals surface area contributed by atoms with E-state index >= 15 is 0 Å². The SMILES string of the molecule is CCCNC(=O)[C@@H](C)NC(=O)Cn1c(C)nc2ccccc21. The highest BCUT2D eigenvalue weighted by Gasteiger charge is 2.16. The van der Waals surface area contributed by atoms with Crippen LogP contribution in [0, 0.1) is 6.92 Å². The first-order valence-electron chi connectivity index (χ1n) is 7.52. The fourth-order valence-electron chi connectivity index (χ4n) is 2.29. The Bertz CT molecular complexity index is 678. The van der Waals surface area contributed by atoms with E-state index in [4.69, 9.17) is 0 Å². The second-order valence-corrected chi connectivity index (χ2v) is 5.31. The molecule has 22 heavy (non-hydrogen) atoms. The highest BCUT2D eigenvalue weighted by Crippen LogP contribution is 2.14. The van der Waals surface area contributed by atoms with Gasteiger partial charge in [-0.2, -0.15) is 0 Å². The highest BCUT2D eigenvalue weighted by molar-refractivity contribution is 5.88. The van der Waals surface area contributed by atoms with E-state index in [1.807, 2.05) is 42.7 Å². The van der Waals surface area contributed by atoms with Gasteiger partial charge in [0.2, 0.25) is 11.8 Å². The number of imidazole rings is 1. The number of hydrogen-bond donors (Lipinski definition) is 2. The van der Waals surface area contributed by atoms with Crippen LogP contribution in [-0.2, 0) is 16.1 Å². The molecule has 0 fully saturated rings. The summed E-state index contributed by atoms with van der Waals surface area (Å²) in [6.45, 7) is 6.30.